The molecule has 0 atom stereocenters. The number of hydrogen-bond acceptors (Lipinski definition) is 3. The van der Waals surface area contributed by atoms with Gasteiger partial charge in [0.25, 0.3) is 0 Å². The Hall–Kier alpha value is -1.30. The Bertz CT molecular complexity index is 525. The molecule has 2 rings (SSSR count). The van der Waals surface area contributed by atoms with E-state index in [9.17, 15) is 4.79 Å². The van der Waals surface area contributed by atoms with Crippen LogP contribution in [0.1, 0.15) is 4.88 Å². The molecule has 0 aromatic carbocycles. The van der Waals surface area contributed by atoms with Crippen molar-refractivity contribution in [2.75, 3.05) is 5.32 Å². The number of thiophene rings is 1. The van der Waals surface area contributed by atoms with E-state index in [2.05, 4.69) is 15.6 Å². The minimum Gasteiger partial charge on any atom is -0.333 e. The van der Waals surface area contributed by atoms with Gasteiger partial charge in [-0.3, -0.25) is 0 Å². The lowest BCUT2D eigenvalue weighted by molar-refractivity contribution is 0.252. The highest BCUT2D eigenvalue weighted by Crippen LogP contribution is 2.18. The van der Waals surface area contributed by atoms with Gasteiger partial charge in [0.2, 0.25) is 0 Å². The first-order valence-electron chi connectivity index (χ1n) is 5.04. The SMILES string of the molecule is O=C(NCc1cccs1)Nc1cc(Cl)nc(Cl)c1. The molecule has 2 aromatic heterocycles. The molecule has 94 valence electrons. The molecule has 2 N–H and O–H groups in total. The van der Waals surface area contributed by atoms with E-state index >= 15 is 0 Å². The first-order valence-corrected chi connectivity index (χ1v) is 6.67. The van der Waals surface area contributed by atoms with Crippen LogP contribution in [0.2, 0.25) is 10.3 Å². The van der Waals surface area contributed by atoms with Crippen LogP contribution in [-0.2, 0) is 6.54 Å². The van der Waals surface area contributed by atoms with Crippen LogP contribution < -0.4 is 10.6 Å². The number of carbonyl (C=O) groups is 1. The lowest BCUT2D eigenvalue weighted by Crippen LogP contribution is -2.27. The predicted molar refractivity (Wildman–Crippen MR) is 74.4 cm³/mol. The van der Waals surface area contributed by atoms with Gasteiger partial charge in [-0.2, -0.15) is 0 Å². The molecular weight excluding hydrogens is 293 g/mol. The van der Waals surface area contributed by atoms with Gasteiger partial charge in [0, 0.05) is 10.6 Å². The quantitative estimate of drug-likeness (QED) is 0.848. The number of pyridine rings is 1. The summed E-state index contributed by atoms with van der Waals surface area (Å²) in [4.78, 5) is 16.5. The third-order valence-electron chi connectivity index (χ3n) is 2.02. The zero-order valence-electron chi connectivity index (χ0n) is 9.11. The second-order valence-electron chi connectivity index (χ2n) is 3.39. The summed E-state index contributed by atoms with van der Waals surface area (Å²) in [5, 5.41) is 7.78. The van der Waals surface area contributed by atoms with Crippen molar-refractivity contribution in [1.82, 2.24) is 10.3 Å². The Morgan fingerprint density at radius 2 is 2.06 bits per heavy atom. The van der Waals surface area contributed by atoms with Crippen LogP contribution in [0.25, 0.3) is 0 Å². The number of urea groups is 1. The molecule has 0 aliphatic heterocycles. The van der Waals surface area contributed by atoms with Crippen LogP contribution in [0.15, 0.2) is 29.6 Å². The molecule has 0 spiro atoms. The Morgan fingerprint density at radius 3 is 2.67 bits per heavy atom. The first-order chi connectivity index (χ1) is 8.63. The van der Waals surface area contributed by atoms with Gasteiger partial charge < -0.3 is 10.6 Å². The Morgan fingerprint density at radius 1 is 1.33 bits per heavy atom. The van der Waals surface area contributed by atoms with E-state index in [0.717, 1.165) is 4.88 Å². The molecule has 2 aromatic rings. The Kier molecular flexibility index (Phi) is 4.41. The average molecular weight is 302 g/mol. The van der Waals surface area contributed by atoms with Crippen LogP contribution >= 0.6 is 34.5 Å². The summed E-state index contributed by atoms with van der Waals surface area (Å²) in [7, 11) is 0. The van der Waals surface area contributed by atoms with Gasteiger partial charge in [0.1, 0.15) is 10.3 Å². The van der Waals surface area contributed by atoms with Crippen LogP contribution in [0.3, 0.4) is 0 Å². The van der Waals surface area contributed by atoms with Crippen LogP contribution in [-0.4, -0.2) is 11.0 Å². The number of halogens is 2. The van der Waals surface area contributed by atoms with Crippen molar-refractivity contribution in [3.05, 3.63) is 44.8 Å². The monoisotopic (exact) mass is 301 g/mol. The molecule has 0 saturated heterocycles. The van der Waals surface area contributed by atoms with Crippen molar-refractivity contribution >= 4 is 46.3 Å². The van der Waals surface area contributed by atoms with Gasteiger partial charge in [-0.15, -0.1) is 11.3 Å². The van der Waals surface area contributed by atoms with Crippen molar-refractivity contribution in [3.8, 4) is 0 Å². The second-order valence-corrected chi connectivity index (χ2v) is 5.20. The van der Waals surface area contributed by atoms with Gasteiger partial charge in [0.05, 0.1) is 6.54 Å². The van der Waals surface area contributed by atoms with Gasteiger partial charge in [-0.25, -0.2) is 9.78 Å². The molecule has 0 bridgehead atoms. The topological polar surface area (TPSA) is 54.0 Å². The van der Waals surface area contributed by atoms with Gasteiger partial charge in [0.15, 0.2) is 0 Å². The van der Waals surface area contributed by atoms with E-state index in [4.69, 9.17) is 23.2 Å². The molecule has 4 nitrogen and oxygen atoms in total. The summed E-state index contributed by atoms with van der Waals surface area (Å²) in [5.41, 5.74) is 0.503. The molecule has 0 aliphatic carbocycles. The smallest absolute Gasteiger partial charge is 0.319 e. The summed E-state index contributed by atoms with van der Waals surface area (Å²) in [6, 6.07) is 6.62. The Labute approximate surface area is 118 Å². The summed E-state index contributed by atoms with van der Waals surface area (Å²) in [5.74, 6) is 0. The van der Waals surface area contributed by atoms with Crippen molar-refractivity contribution in [3.63, 3.8) is 0 Å². The number of carbonyl (C=O) groups excluding carboxylic acids is 1. The highest BCUT2D eigenvalue weighted by atomic mass is 35.5. The minimum absolute atomic E-state index is 0.232. The molecule has 2 heterocycles. The van der Waals surface area contributed by atoms with Crippen molar-refractivity contribution in [2.45, 2.75) is 6.54 Å². The predicted octanol–water partition coefficient (Wildman–Crippen LogP) is 3.77. The fourth-order valence-electron chi connectivity index (χ4n) is 1.29. The number of hydrogen-bond donors (Lipinski definition) is 2. The molecule has 0 unspecified atom stereocenters. The van der Waals surface area contributed by atoms with E-state index in [0.29, 0.717) is 12.2 Å². The maximum Gasteiger partial charge on any atom is 0.319 e. The highest BCUT2D eigenvalue weighted by molar-refractivity contribution is 7.09. The molecule has 0 aliphatic rings. The minimum atomic E-state index is -0.318. The summed E-state index contributed by atoms with van der Waals surface area (Å²) < 4.78 is 0. The zero-order chi connectivity index (χ0) is 13.0. The van der Waals surface area contributed by atoms with Crippen LogP contribution in [0, 0.1) is 0 Å². The van der Waals surface area contributed by atoms with Crippen molar-refractivity contribution < 1.29 is 4.79 Å². The molecule has 7 heteroatoms. The van der Waals surface area contributed by atoms with E-state index in [1.807, 2.05) is 17.5 Å². The number of rotatable bonds is 3. The van der Waals surface area contributed by atoms with Crippen LogP contribution in [0.4, 0.5) is 10.5 Å². The maximum absolute atomic E-state index is 11.6. The molecule has 18 heavy (non-hydrogen) atoms. The fraction of sp³-hybridized carbons (Fsp3) is 0.0909. The van der Waals surface area contributed by atoms with Crippen LogP contribution in [0.5, 0.6) is 0 Å². The summed E-state index contributed by atoms with van der Waals surface area (Å²) in [6.45, 7) is 0.482. The molecule has 0 fully saturated rings. The number of amides is 2. The van der Waals surface area contributed by atoms with Crippen molar-refractivity contribution in [2.24, 2.45) is 0 Å². The van der Waals surface area contributed by atoms with E-state index < -0.39 is 0 Å². The van der Waals surface area contributed by atoms with Crippen molar-refractivity contribution in [1.29, 1.82) is 0 Å². The lowest BCUT2D eigenvalue weighted by atomic mass is 10.4. The third-order valence-corrected chi connectivity index (χ3v) is 3.29. The molecular formula is C11H9Cl2N3OS. The van der Waals surface area contributed by atoms with Gasteiger partial charge >= 0.3 is 6.03 Å². The summed E-state index contributed by atoms with van der Waals surface area (Å²) in [6.07, 6.45) is 0. The zero-order valence-corrected chi connectivity index (χ0v) is 11.4. The number of aromatic nitrogens is 1. The number of anilines is 1. The molecule has 0 saturated carbocycles. The second kappa shape index (κ2) is 6.04. The lowest BCUT2D eigenvalue weighted by Gasteiger charge is -2.07. The van der Waals surface area contributed by atoms with Gasteiger partial charge in [-0.1, -0.05) is 29.3 Å². The van der Waals surface area contributed by atoms with E-state index in [1.54, 1.807) is 11.3 Å². The molecule has 0 radical (unpaired) electrons. The number of nitrogens with zero attached hydrogens (tertiary/aromatic N) is 1. The number of nitrogens with one attached hydrogen (secondary N) is 2. The molecule has 2 amide bonds. The highest BCUT2D eigenvalue weighted by Gasteiger charge is 2.04. The fourth-order valence-corrected chi connectivity index (χ4v) is 2.40. The Balaban J connectivity index is 1.90. The standard InChI is InChI=1S/C11H9Cl2N3OS/c12-9-4-7(5-10(13)16-9)15-11(17)14-6-8-2-1-3-18-8/h1-5H,6H2,(H2,14,15,16,17). The summed E-state index contributed by atoms with van der Waals surface area (Å²) >= 11 is 13.0. The first kappa shape index (κ1) is 13.1. The van der Waals surface area contributed by atoms with Gasteiger partial charge in [-0.05, 0) is 23.6 Å². The van der Waals surface area contributed by atoms with E-state index in [1.165, 1.54) is 12.1 Å². The maximum atomic E-state index is 11.6. The normalized spacial score (nSPS) is 10.1. The third kappa shape index (κ3) is 3.87. The largest absolute Gasteiger partial charge is 0.333 e. The average Bonchev–Trinajstić information content (AvgIpc) is 2.77. The van der Waals surface area contributed by atoms with E-state index in [-0.39, 0.29) is 16.3 Å².